The molecule has 2 aromatic rings. The lowest BCUT2D eigenvalue weighted by atomic mass is 9.97. The van der Waals surface area contributed by atoms with E-state index in [-0.39, 0.29) is 19.4 Å². The van der Waals surface area contributed by atoms with E-state index in [2.05, 4.69) is 10.6 Å². The van der Waals surface area contributed by atoms with Crippen molar-refractivity contribution in [2.75, 3.05) is 18.7 Å². The number of fused-ring (bicyclic) bond motifs is 1. The van der Waals surface area contributed by atoms with Crippen LogP contribution in [0.5, 0.6) is 11.5 Å². The molecule has 0 radical (unpaired) electrons. The lowest BCUT2D eigenvalue weighted by Gasteiger charge is -2.23. The first-order chi connectivity index (χ1) is 12.0. The summed E-state index contributed by atoms with van der Waals surface area (Å²) in [6.07, 6.45) is 1.31. The monoisotopic (exact) mass is 342 g/mol. The van der Waals surface area contributed by atoms with Gasteiger partial charge in [0.25, 0.3) is 0 Å². The van der Waals surface area contributed by atoms with Crippen molar-refractivity contribution in [3.8, 4) is 11.5 Å². The van der Waals surface area contributed by atoms with Crippen LogP contribution in [0.2, 0.25) is 0 Å². The summed E-state index contributed by atoms with van der Waals surface area (Å²) in [5, 5.41) is 15.9. The largest absolute Gasteiger partial charge is 0.454 e. The van der Waals surface area contributed by atoms with Crippen LogP contribution in [0, 0.1) is 0 Å². The highest BCUT2D eigenvalue weighted by molar-refractivity contribution is 5.89. The van der Waals surface area contributed by atoms with Gasteiger partial charge in [-0.25, -0.2) is 4.79 Å². The van der Waals surface area contributed by atoms with Crippen LogP contribution in [0.1, 0.15) is 18.9 Å². The Hall–Kier alpha value is -2.73. The Morgan fingerprint density at radius 2 is 1.92 bits per heavy atom. The quantitative estimate of drug-likeness (QED) is 0.754. The first-order valence-corrected chi connectivity index (χ1v) is 8.23. The van der Waals surface area contributed by atoms with E-state index in [1.165, 1.54) is 0 Å². The zero-order chi connectivity index (χ0) is 17.7. The topological polar surface area (TPSA) is 79.8 Å². The molecule has 0 aliphatic carbocycles. The van der Waals surface area contributed by atoms with Gasteiger partial charge in [0, 0.05) is 18.3 Å². The first kappa shape index (κ1) is 17.1. The van der Waals surface area contributed by atoms with E-state index < -0.39 is 5.60 Å². The fourth-order valence-electron chi connectivity index (χ4n) is 2.57. The highest BCUT2D eigenvalue weighted by Gasteiger charge is 2.21. The number of amides is 2. The number of aryl methyl sites for hydroxylation is 1. The molecule has 0 fully saturated rings. The van der Waals surface area contributed by atoms with Crippen LogP contribution < -0.4 is 20.1 Å². The molecule has 6 heteroatoms. The minimum Gasteiger partial charge on any atom is -0.454 e. The Bertz CT molecular complexity index is 731. The molecule has 0 bridgehead atoms. The number of hydrogen-bond acceptors (Lipinski definition) is 4. The molecular weight excluding hydrogens is 320 g/mol. The number of rotatable bonds is 6. The van der Waals surface area contributed by atoms with Crippen molar-refractivity contribution < 1.29 is 19.4 Å². The minimum atomic E-state index is -0.984. The summed E-state index contributed by atoms with van der Waals surface area (Å²) in [4.78, 5) is 12.0. The van der Waals surface area contributed by atoms with Crippen LogP contribution in [0.25, 0.3) is 0 Å². The normalized spacial score (nSPS) is 14.6. The fourth-order valence-corrected chi connectivity index (χ4v) is 2.57. The SMILES string of the molecule is C[C@@](O)(CCc1ccccc1)CNC(=O)Nc1ccc2c(c1)OCO2. The molecule has 0 saturated carbocycles. The molecule has 0 aromatic heterocycles. The summed E-state index contributed by atoms with van der Waals surface area (Å²) in [5.41, 5.74) is 0.778. The standard InChI is InChI=1S/C19H22N2O4/c1-19(23,10-9-14-5-3-2-4-6-14)12-20-18(22)21-15-7-8-16-17(11-15)25-13-24-16/h2-8,11,23H,9-10,12-13H2,1H3,(H2,20,21,22)/t19-/m1/s1. The molecule has 3 rings (SSSR count). The lowest BCUT2D eigenvalue weighted by Crippen LogP contribution is -2.42. The number of benzene rings is 2. The second-order valence-corrected chi connectivity index (χ2v) is 6.36. The van der Waals surface area contributed by atoms with E-state index in [4.69, 9.17) is 9.47 Å². The molecule has 0 saturated heterocycles. The number of anilines is 1. The van der Waals surface area contributed by atoms with Gasteiger partial charge < -0.3 is 25.2 Å². The number of urea groups is 1. The van der Waals surface area contributed by atoms with Gasteiger partial charge in [-0.15, -0.1) is 0 Å². The van der Waals surface area contributed by atoms with Gasteiger partial charge >= 0.3 is 6.03 Å². The van der Waals surface area contributed by atoms with Crippen molar-refractivity contribution in [3.05, 3.63) is 54.1 Å². The molecule has 2 amide bonds. The number of carbonyl (C=O) groups excluding carboxylic acids is 1. The first-order valence-electron chi connectivity index (χ1n) is 8.23. The van der Waals surface area contributed by atoms with E-state index >= 15 is 0 Å². The van der Waals surface area contributed by atoms with Gasteiger partial charge in [-0.05, 0) is 37.5 Å². The Kier molecular flexibility index (Phi) is 5.09. The number of aliphatic hydroxyl groups is 1. The lowest BCUT2D eigenvalue weighted by molar-refractivity contribution is 0.0539. The van der Waals surface area contributed by atoms with Gasteiger partial charge in [-0.2, -0.15) is 0 Å². The molecule has 1 heterocycles. The van der Waals surface area contributed by atoms with Crippen LogP contribution in [0.4, 0.5) is 10.5 Å². The summed E-state index contributed by atoms with van der Waals surface area (Å²) in [7, 11) is 0. The van der Waals surface area contributed by atoms with Crippen molar-refractivity contribution >= 4 is 11.7 Å². The van der Waals surface area contributed by atoms with Crippen molar-refractivity contribution in [3.63, 3.8) is 0 Å². The third kappa shape index (κ3) is 4.87. The number of hydrogen-bond donors (Lipinski definition) is 3. The summed E-state index contributed by atoms with van der Waals surface area (Å²) in [6, 6.07) is 14.8. The van der Waals surface area contributed by atoms with Gasteiger partial charge in [-0.1, -0.05) is 30.3 Å². The highest BCUT2D eigenvalue weighted by Crippen LogP contribution is 2.34. The molecule has 0 spiro atoms. The predicted octanol–water partition coefficient (Wildman–Crippen LogP) is 2.92. The van der Waals surface area contributed by atoms with Gasteiger partial charge in [0.1, 0.15) is 0 Å². The molecule has 3 N–H and O–H groups in total. The van der Waals surface area contributed by atoms with E-state index in [9.17, 15) is 9.90 Å². The maximum absolute atomic E-state index is 12.0. The summed E-state index contributed by atoms with van der Waals surface area (Å²) in [5.74, 6) is 1.27. The van der Waals surface area contributed by atoms with Crippen LogP contribution in [0.15, 0.2) is 48.5 Å². The molecule has 25 heavy (non-hydrogen) atoms. The molecule has 1 aliphatic heterocycles. The number of carbonyl (C=O) groups is 1. The summed E-state index contributed by atoms with van der Waals surface area (Å²) < 4.78 is 10.5. The fraction of sp³-hybridized carbons (Fsp3) is 0.316. The second-order valence-electron chi connectivity index (χ2n) is 6.36. The van der Waals surface area contributed by atoms with Gasteiger partial charge in [0.2, 0.25) is 6.79 Å². The second kappa shape index (κ2) is 7.44. The van der Waals surface area contributed by atoms with Crippen LogP contribution in [-0.4, -0.2) is 30.1 Å². The Labute approximate surface area is 146 Å². The molecule has 0 unspecified atom stereocenters. The molecular formula is C19H22N2O4. The van der Waals surface area contributed by atoms with E-state index in [0.717, 1.165) is 12.0 Å². The van der Waals surface area contributed by atoms with E-state index in [1.54, 1.807) is 25.1 Å². The Balaban J connectivity index is 1.46. The number of nitrogens with one attached hydrogen (secondary N) is 2. The zero-order valence-electron chi connectivity index (χ0n) is 14.1. The molecule has 132 valence electrons. The Morgan fingerprint density at radius 1 is 1.16 bits per heavy atom. The Morgan fingerprint density at radius 3 is 2.72 bits per heavy atom. The number of ether oxygens (including phenoxy) is 2. The summed E-state index contributed by atoms with van der Waals surface area (Å²) in [6.45, 7) is 2.07. The predicted molar refractivity (Wildman–Crippen MR) is 95.0 cm³/mol. The van der Waals surface area contributed by atoms with Crippen molar-refractivity contribution in [2.24, 2.45) is 0 Å². The third-order valence-corrected chi connectivity index (χ3v) is 4.06. The van der Waals surface area contributed by atoms with Crippen LogP contribution in [-0.2, 0) is 6.42 Å². The van der Waals surface area contributed by atoms with Crippen molar-refractivity contribution in [1.29, 1.82) is 0 Å². The third-order valence-electron chi connectivity index (χ3n) is 4.06. The van der Waals surface area contributed by atoms with Crippen molar-refractivity contribution in [2.45, 2.75) is 25.4 Å². The van der Waals surface area contributed by atoms with Crippen LogP contribution in [0.3, 0.4) is 0 Å². The average Bonchev–Trinajstić information content (AvgIpc) is 3.07. The van der Waals surface area contributed by atoms with Crippen LogP contribution >= 0.6 is 0 Å². The summed E-state index contributed by atoms with van der Waals surface area (Å²) >= 11 is 0. The van der Waals surface area contributed by atoms with Crippen molar-refractivity contribution in [1.82, 2.24) is 5.32 Å². The van der Waals surface area contributed by atoms with Gasteiger partial charge in [0.15, 0.2) is 11.5 Å². The molecule has 6 nitrogen and oxygen atoms in total. The van der Waals surface area contributed by atoms with Gasteiger partial charge in [-0.3, -0.25) is 0 Å². The van der Waals surface area contributed by atoms with E-state index in [1.807, 2.05) is 30.3 Å². The molecule has 2 aromatic carbocycles. The maximum Gasteiger partial charge on any atom is 0.319 e. The average molecular weight is 342 g/mol. The molecule has 1 aliphatic rings. The minimum absolute atomic E-state index is 0.163. The van der Waals surface area contributed by atoms with E-state index in [0.29, 0.717) is 23.6 Å². The zero-order valence-corrected chi connectivity index (χ0v) is 14.1. The smallest absolute Gasteiger partial charge is 0.319 e. The maximum atomic E-state index is 12.0. The molecule has 1 atom stereocenters. The van der Waals surface area contributed by atoms with Gasteiger partial charge in [0.05, 0.1) is 5.60 Å². The highest BCUT2D eigenvalue weighted by atomic mass is 16.7.